The number of nitrogens with zero attached hydrogens (tertiary/aromatic N) is 3. The maximum atomic E-state index is 9.29. The van der Waals surface area contributed by atoms with Gasteiger partial charge >= 0.3 is 134 Å². The van der Waals surface area contributed by atoms with E-state index in [4.69, 9.17) is 0 Å². The number of hydrogen-bond acceptors (Lipinski definition) is 1. The van der Waals surface area contributed by atoms with Gasteiger partial charge in [0.15, 0.2) is 0 Å². The van der Waals surface area contributed by atoms with Crippen molar-refractivity contribution >= 4 is 29.3 Å². The van der Waals surface area contributed by atoms with E-state index in [-0.39, 0.29) is 0 Å². The Morgan fingerprint density at radius 2 is 0.909 bits per heavy atom. The summed E-state index contributed by atoms with van der Waals surface area (Å²) in [6.45, 7) is 0. The van der Waals surface area contributed by atoms with Gasteiger partial charge in [-0.15, -0.1) is 0 Å². The minimum atomic E-state index is -3.40. The first-order valence-electron chi connectivity index (χ1n) is 6.93. The van der Waals surface area contributed by atoms with Gasteiger partial charge in [0.05, 0.1) is 0 Å². The Bertz CT molecular complexity index is 686. The Morgan fingerprint density at radius 3 is 1.18 bits per heavy atom. The van der Waals surface area contributed by atoms with Crippen LogP contribution in [0, 0.1) is 0 Å². The first-order valence-corrected chi connectivity index (χ1v) is 11.5. The van der Waals surface area contributed by atoms with Gasteiger partial charge in [-0.2, -0.15) is 0 Å². The van der Waals surface area contributed by atoms with Crippen LogP contribution in [-0.2, 0) is 0 Å². The molecule has 0 saturated carbocycles. The first-order chi connectivity index (χ1) is 10.9. The zero-order valence-corrected chi connectivity index (χ0v) is 14.2. The summed E-state index contributed by atoms with van der Waals surface area (Å²) in [4.78, 5) is 3.25. The van der Waals surface area contributed by atoms with Crippen LogP contribution in [0.4, 0.5) is 0 Å². The molecule has 0 radical (unpaired) electrons. The molecule has 22 heavy (non-hydrogen) atoms. The molecule has 3 rings (SSSR count). The fraction of sp³-hybridized carbons (Fsp3) is 0. The van der Waals surface area contributed by atoms with Gasteiger partial charge in [0.25, 0.3) is 0 Å². The predicted molar refractivity (Wildman–Crippen MR) is 93.1 cm³/mol. The molecular formula is C18H15N3Te. The summed E-state index contributed by atoms with van der Waals surface area (Å²) >= 11 is -3.40. The van der Waals surface area contributed by atoms with E-state index < -0.39 is 18.5 Å². The average molecular weight is 401 g/mol. The summed E-state index contributed by atoms with van der Waals surface area (Å²) in [6.07, 6.45) is 0. The fourth-order valence-corrected chi connectivity index (χ4v) is 10.6. The topological polar surface area (TPSA) is 48.8 Å². The van der Waals surface area contributed by atoms with E-state index in [0.717, 1.165) is 10.8 Å². The summed E-state index contributed by atoms with van der Waals surface area (Å²) in [5, 5.41) is 0. The van der Waals surface area contributed by atoms with Crippen molar-refractivity contribution in [2.24, 2.45) is 3.36 Å². The second kappa shape index (κ2) is 6.68. The summed E-state index contributed by atoms with van der Waals surface area (Å²) in [7, 11) is 0. The molecule has 3 aromatic rings. The van der Waals surface area contributed by atoms with Crippen LogP contribution >= 0.6 is 0 Å². The Morgan fingerprint density at radius 1 is 0.591 bits per heavy atom. The summed E-state index contributed by atoms with van der Waals surface area (Å²) in [5.41, 5.74) is 9.29. The molecule has 0 atom stereocenters. The van der Waals surface area contributed by atoms with Gasteiger partial charge in [0.2, 0.25) is 0 Å². The van der Waals surface area contributed by atoms with Crippen molar-refractivity contribution in [2.75, 3.05) is 0 Å². The van der Waals surface area contributed by atoms with E-state index in [2.05, 4.69) is 44.7 Å². The maximum absolute atomic E-state index is 9.29. The van der Waals surface area contributed by atoms with Crippen LogP contribution in [-0.4, -0.2) is 18.5 Å². The van der Waals surface area contributed by atoms with Crippen molar-refractivity contribution in [3.8, 4) is 0 Å². The zero-order chi connectivity index (χ0) is 15.3. The van der Waals surface area contributed by atoms with Gasteiger partial charge in [-0.05, 0) is 0 Å². The van der Waals surface area contributed by atoms with Crippen LogP contribution < -0.4 is 10.8 Å². The standard InChI is InChI=1S/C18H15N3Te/c19-20-21-22(16-10-4-1-5-11-16,17-12-6-2-7-13-17)18-14-8-3-9-15-18/h1-15H. The van der Waals surface area contributed by atoms with Crippen molar-refractivity contribution in [2.45, 2.75) is 0 Å². The van der Waals surface area contributed by atoms with Gasteiger partial charge < -0.3 is 0 Å². The molecule has 0 aromatic heterocycles. The molecule has 0 aliphatic rings. The third-order valence-electron chi connectivity index (χ3n) is 3.41. The normalized spacial score (nSPS) is 11.5. The Kier molecular flexibility index (Phi) is 4.46. The van der Waals surface area contributed by atoms with Crippen LogP contribution in [0.15, 0.2) is 94.4 Å². The van der Waals surface area contributed by atoms with Crippen molar-refractivity contribution < 1.29 is 0 Å². The third-order valence-corrected chi connectivity index (χ3v) is 12.5. The van der Waals surface area contributed by atoms with Crippen LogP contribution in [0.3, 0.4) is 0 Å². The number of hydrogen-bond donors (Lipinski definition) is 0. The molecule has 0 amide bonds. The van der Waals surface area contributed by atoms with Gasteiger partial charge in [0, 0.05) is 0 Å². The second-order valence-corrected chi connectivity index (χ2v) is 12.5. The van der Waals surface area contributed by atoms with E-state index in [1.54, 1.807) is 0 Å². The van der Waals surface area contributed by atoms with E-state index in [1.165, 1.54) is 0 Å². The van der Waals surface area contributed by atoms with Crippen LogP contribution in [0.2, 0.25) is 0 Å². The molecule has 3 nitrogen and oxygen atoms in total. The molecule has 0 bridgehead atoms. The number of azide groups is 1. The van der Waals surface area contributed by atoms with Crippen LogP contribution in [0.1, 0.15) is 0 Å². The molecular weight excluding hydrogens is 386 g/mol. The molecule has 3 aromatic carbocycles. The van der Waals surface area contributed by atoms with Gasteiger partial charge in [-0.3, -0.25) is 0 Å². The second-order valence-electron chi connectivity index (χ2n) is 4.69. The molecule has 0 saturated heterocycles. The van der Waals surface area contributed by atoms with E-state index in [1.807, 2.05) is 54.6 Å². The summed E-state index contributed by atoms with van der Waals surface area (Å²) in [5.74, 6) is 0. The molecule has 0 heterocycles. The van der Waals surface area contributed by atoms with Gasteiger partial charge in [-0.1, -0.05) is 0 Å². The van der Waals surface area contributed by atoms with Crippen LogP contribution in [0.25, 0.3) is 10.4 Å². The zero-order valence-electron chi connectivity index (χ0n) is 11.9. The summed E-state index contributed by atoms with van der Waals surface area (Å²) in [6, 6.07) is 30.5. The molecule has 0 fully saturated rings. The third kappa shape index (κ3) is 2.61. The average Bonchev–Trinajstić information content (AvgIpc) is 2.62. The molecule has 0 spiro atoms. The SMILES string of the molecule is [N-]=[N+]=N[Te](c1ccccc1)(c1ccccc1)c1ccccc1. The quantitative estimate of drug-likeness (QED) is 0.280. The molecule has 0 aliphatic carbocycles. The van der Waals surface area contributed by atoms with Crippen molar-refractivity contribution in [1.82, 2.24) is 0 Å². The predicted octanol–water partition coefficient (Wildman–Crippen LogP) is 2.96. The van der Waals surface area contributed by atoms with Gasteiger partial charge in [0.1, 0.15) is 0 Å². The molecule has 0 unspecified atom stereocenters. The minimum absolute atomic E-state index is 1.14. The van der Waals surface area contributed by atoms with Gasteiger partial charge in [-0.25, -0.2) is 0 Å². The monoisotopic (exact) mass is 403 g/mol. The van der Waals surface area contributed by atoms with E-state index >= 15 is 0 Å². The number of rotatable bonds is 4. The summed E-state index contributed by atoms with van der Waals surface area (Å²) < 4.78 is 7.85. The van der Waals surface area contributed by atoms with Crippen LogP contribution in [0.5, 0.6) is 0 Å². The number of benzene rings is 3. The Balaban J connectivity index is 2.37. The Labute approximate surface area is 134 Å². The van der Waals surface area contributed by atoms with E-state index in [0.29, 0.717) is 0 Å². The molecule has 0 aliphatic heterocycles. The first kappa shape index (κ1) is 14.7. The fourth-order valence-electron chi connectivity index (χ4n) is 2.46. The van der Waals surface area contributed by atoms with E-state index in [9.17, 15) is 5.53 Å². The Hall–Kier alpha value is -2.24. The molecule has 4 heteroatoms. The van der Waals surface area contributed by atoms with Crippen molar-refractivity contribution in [3.05, 3.63) is 101 Å². The molecule has 0 N–H and O–H groups in total. The molecule has 108 valence electrons. The van der Waals surface area contributed by atoms with Crippen molar-refractivity contribution in [3.63, 3.8) is 0 Å². The van der Waals surface area contributed by atoms with Crippen molar-refractivity contribution in [1.29, 1.82) is 0 Å².